The van der Waals surface area contributed by atoms with E-state index in [-0.39, 0.29) is 36.0 Å². The van der Waals surface area contributed by atoms with Gasteiger partial charge in [0.15, 0.2) is 23.1 Å². The van der Waals surface area contributed by atoms with Crippen molar-refractivity contribution in [2.75, 3.05) is 33.8 Å². The Morgan fingerprint density at radius 3 is 2.09 bits per heavy atom. The number of pyridine rings is 1. The van der Waals surface area contributed by atoms with E-state index in [9.17, 15) is 18.8 Å². The predicted octanol–water partition coefficient (Wildman–Crippen LogP) is 6.40. The molecule has 6 rings (SSSR count). The number of rotatable bonds is 10. The summed E-state index contributed by atoms with van der Waals surface area (Å²) in [4.78, 5) is 47.9. The molecule has 0 N–H and O–H groups in total. The maximum Gasteiger partial charge on any atom is 0.415 e. The van der Waals surface area contributed by atoms with Crippen molar-refractivity contribution in [1.29, 1.82) is 0 Å². The van der Waals surface area contributed by atoms with Gasteiger partial charge in [0, 0.05) is 50.1 Å². The Kier molecular flexibility index (Phi) is 8.72. The van der Waals surface area contributed by atoms with Crippen LogP contribution in [0.5, 0.6) is 23.0 Å². The number of ether oxygens (including phenoxy) is 3. The lowest BCUT2D eigenvalue weighted by molar-refractivity contribution is -0.133. The molecule has 1 saturated carbocycles. The maximum atomic E-state index is 13.3. The van der Waals surface area contributed by atoms with Crippen LogP contribution in [-0.4, -0.2) is 71.8 Å². The van der Waals surface area contributed by atoms with Gasteiger partial charge in [0.05, 0.1) is 23.6 Å². The average molecular weight is 640 g/mol. The van der Waals surface area contributed by atoms with Crippen LogP contribution in [0.15, 0.2) is 72.9 Å². The van der Waals surface area contributed by atoms with Crippen LogP contribution in [0.1, 0.15) is 37.8 Å². The zero-order valence-electron chi connectivity index (χ0n) is 27.0. The zero-order chi connectivity index (χ0) is 33.3. The molecule has 10 heteroatoms. The van der Waals surface area contributed by atoms with E-state index in [4.69, 9.17) is 14.2 Å². The first-order valence-electron chi connectivity index (χ1n) is 15.7. The number of aromatic nitrogens is 1. The highest BCUT2D eigenvalue weighted by Gasteiger charge is 2.54. The van der Waals surface area contributed by atoms with Crippen molar-refractivity contribution in [1.82, 2.24) is 14.8 Å². The Hall–Kier alpha value is -4.83. The van der Waals surface area contributed by atoms with Crippen LogP contribution in [0, 0.1) is 11.2 Å². The third-order valence-corrected chi connectivity index (χ3v) is 9.11. The Bertz CT molecular complexity index is 1820. The van der Waals surface area contributed by atoms with Gasteiger partial charge in [0.1, 0.15) is 17.3 Å². The number of likely N-dealkylation sites (N-methyl/N-ethyl adjacent to an activating group) is 1. The lowest BCUT2D eigenvalue weighted by atomic mass is 9.88. The van der Waals surface area contributed by atoms with Crippen molar-refractivity contribution in [2.45, 2.75) is 45.1 Å². The van der Waals surface area contributed by atoms with Crippen molar-refractivity contribution >= 4 is 28.6 Å². The molecule has 0 radical (unpaired) electrons. The summed E-state index contributed by atoms with van der Waals surface area (Å²) in [6, 6.07) is 18.1. The number of nitrogens with zero attached hydrogens (tertiary/aromatic N) is 3. The van der Waals surface area contributed by atoms with Gasteiger partial charge in [-0.15, -0.1) is 0 Å². The topological polar surface area (TPSA) is 98.3 Å². The normalized spacial score (nSPS) is 16.8. The minimum Gasteiger partial charge on any atom is -0.493 e. The molecule has 1 aliphatic carbocycles. The largest absolute Gasteiger partial charge is 0.493 e. The number of amides is 1. The molecule has 0 spiro atoms. The number of fused-ring (bicyclic) bond motifs is 1. The Labute approximate surface area is 273 Å². The smallest absolute Gasteiger partial charge is 0.415 e. The second-order valence-corrected chi connectivity index (χ2v) is 13.1. The van der Waals surface area contributed by atoms with Gasteiger partial charge in [-0.25, -0.2) is 9.18 Å². The summed E-state index contributed by atoms with van der Waals surface area (Å²) in [5.74, 6) is 1.14. The fourth-order valence-corrected chi connectivity index (χ4v) is 6.29. The van der Waals surface area contributed by atoms with E-state index in [2.05, 4.69) is 9.88 Å². The van der Waals surface area contributed by atoms with Crippen molar-refractivity contribution < 1.29 is 33.0 Å². The molecule has 2 heterocycles. The van der Waals surface area contributed by atoms with Crippen molar-refractivity contribution in [3.63, 3.8) is 0 Å². The summed E-state index contributed by atoms with van der Waals surface area (Å²) in [7, 11) is 3.54. The Morgan fingerprint density at radius 1 is 0.851 bits per heavy atom. The van der Waals surface area contributed by atoms with Gasteiger partial charge in [-0.2, -0.15) is 0 Å². The fourth-order valence-electron chi connectivity index (χ4n) is 6.29. The quantitative estimate of drug-likeness (QED) is 0.184. The van der Waals surface area contributed by atoms with Gasteiger partial charge in [0.2, 0.25) is 0 Å². The van der Waals surface area contributed by atoms with Crippen LogP contribution < -0.4 is 14.2 Å². The standard InChI is InChI=1S/C37H38FN3O6/c1-36(2)23-40(3)17-18-41(36)35(44)47-32-22-29-28(21-31(32)45-4)30(13-16-39-29)46-27-11-7-25(8-12-27)20-34(43)37(14-15-37)33(42)19-24-5-9-26(38)10-6-24/h5-13,16,21-22H,14-15,17-20,23H2,1-4H3. The van der Waals surface area contributed by atoms with Crippen LogP contribution >= 0.6 is 0 Å². The molecule has 9 nitrogen and oxygen atoms in total. The third kappa shape index (κ3) is 6.83. The Balaban J connectivity index is 1.13. The van der Waals surface area contributed by atoms with Gasteiger partial charge in [-0.3, -0.25) is 14.6 Å². The van der Waals surface area contributed by atoms with E-state index in [1.54, 1.807) is 53.6 Å². The van der Waals surface area contributed by atoms with E-state index in [0.29, 0.717) is 53.1 Å². The summed E-state index contributed by atoms with van der Waals surface area (Å²) in [6.07, 6.45) is 2.50. The molecule has 47 heavy (non-hydrogen) atoms. The van der Waals surface area contributed by atoms with Crippen LogP contribution in [0.3, 0.4) is 0 Å². The van der Waals surface area contributed by atoms with E-state index >= 15 is 0 Å². The summed E-state index contributed by atoms with van der Waals surface area (Å²) in [5, 5.41) is 0.665. The van der Waals surface area contributed by atoms with Crippen molar-refractivity contribution in [3.05, 3.63) is 89.9 Å². The molecule has 0 atom stereocenters. The van der Waals surface area contributed by atoms with Crippen molar-refractivity contribution in [3.8, 4) is 23.0 Å². The lowest BCUT2D eigenvalue weighted by Gasteiger charge is -2.45. The molecule has 1 amide bonds. The number of methoxy groups -OCH3 is 1. The molecule has 0 unspecified atom stereocenters. The first-order valence-corrected chi connectivity index (χ1v) is 15.7. The molecule has 0 bridgehead atoms. The molecule has 1 saturated heterocycles. The molecule has 1 aromatic heterocycles. The van der Waals surface area contributed by atoms with E-state index in [1.165, 1.54) is 19.2 Å². The number of halogens is 1. The van der Waals surface area contributed by atoms with Gasteiger partial charge in [0.25, 0.3) is 0 Å². The van der Waals surface area contributed by atoms with Gasteiger partial charge in [-0.05, 0) is 81.3 Å². The van der Waals surface area contributed by atoms with Crippen molar-refractivity contribution in [2.24, 2.45) is 5.41 Å². The maximum absolute atomic E-state index is 13.3. The number of Topliss-reactive ketones (excluding diaryl/α,β-unsaturated/α-hetero) is 2. The Morgan fingerprint density at radius 2 is 1.49 bits per heavy atom. The number of hydrogen-bond acceptors (Lipinski definition) is 8. The molecule has 244 valence electrons. The number of piperazine rings is 1. The first-order chi connectivity index (χ1) is 22.5. The number of benzene rings is 3. The number of hydrogen-bond donors (Lipinski definition) is 0. The second-order valence-electron chi connectivity index (χ2n) is 13.1. The minimum atomic E-state index is -0.952. The molecule has 2 fully saturated rings. The molecule has 4 aromatic rings. The average Bonchev–Trinajstić information content (AvgIpc) is 3.85. The van der Waals surface area contributed by atoms with Crippen LogP contribution in [-0.2, 0) is 22.4 Å². The SMILES string of the molecule is COc1cc2c(Oc3ccc(CC(=O)C4(C(=O)Cc5ccc(F)cc5)CC4)cc3)ccnc2cc1OC(=O)N1CCN(C)CC1(C)C. The molecular weight excluding hydrogens is 601 g/mol. The highest BCUT2D eigenvalue weighted by Crippen LogP contribution is 2.49. The van der Waals surface area contributed by atoms with Gasteiger partial charge >= 0.3 is 6.09 Å². The van der Waals surface area contributed by atoms with E-state index < -0.39 is 17.0 Å². The molecule has 3 aromatic carbocycles. The first kappa shape index (κ1) is 32.1. The summed E-state index contributed by atoms with van der Waals surface area (Å²) < 4.78 is 30.9. The fraction of sp³-hybridized carbons (Fsp3) is 0.351. The minimum absolute atomic E-state index is 0.0989. The lowest BCUT2D eigenvalue weighted by Crippen LogP contribution is -2.60. The molecular formula is C37H38FN3O6. The molecule has 2 aliphatic rings. The monoisotopic (exact) mass is 639 g/mol. The zero-order valence-corrected chi connectivity index (χ0v) is 27.0. The highest BCUT2D eigenvalue weighted by atomic mass is 19.1. The van der Waals surface area contributed by atoms with Gasteiger partial charge in [-0.1, -0.05) is 24.3 Å². The number of ketones is 2. The summed E-state index contributed by atoms with van der Waals surface area (Å²) in [5.41, 5.74) is 0.695. The number of carbonyl (C=O) groups is 3. The summed E-state index contributed by atoms with van der Waals surface area (Å²) in [6.45, 7) is 6.07. The van der Waals surface area contributed by atoms with Crippen LogP contribution in [0.25, 0.3) is 10.9 Å². The van der Waals surface area contributed by atoms with Gasteiger partial charge < -0.3 is 24.0 Å². The summed E-state index contributed by atoms with van der Waals surface area (Å²) >= 11 is 0. The predicted molar refractivity (Wildman–Crippen MR) is 175 cm³/mol. The third-order valence-electron chi connectivity index (χ3n) is 9.11. The highest BCUT2D eigenvalue weighted by molar-refractivity contribution is 6.11. The number of carbonyl (C=O) groups excluding carboxylic acids is 3. The van der Waals surface area contributed by atoms with E-state index in [0.717, 1.165) is 18.7 Å². The molecule has 1 aliphatic heterocycles. The van der Waals surface area contributed by atoms with E-state index in [1.807, 2.05) is 33.0 Å². The van der Waals surface area contributed by atoms with Crippen LogP contribution in [0.4, 0.5) is 9.18 Å². The second kappa shape index (κ2) is 12.8. The van der Waals surface area contributed by atoms with Crippen LogP contribution in [0.2, 0.25) is 0 Å².